The number of hydrogen-bond acceptors (Lipinski definition) is 2. The van der Waals surface area contributed by atoms with E-state index in [9.17, 15) is 9.59 Å². The van der Waals surface area contributed by atoms with E-state index in [0.717, 1.165) is 6.42 Å². The number of carbonyl (C=O) groups excluding carboxylic acids is 1. The number of amides is 2. The predicted molar refractivity (Wildman–Crippen MR) is 93.0 cm³/mol. The number of benzene rings is 2. The number of urea groups is 1. The third-order valence-corrected chi connectivity index (χ3v) is 4.64. The minimum absolute atomic E-state index is 0.0976. The van der Waals surface area contributed by atoms with Gasteiger partial charge in [-0.1, -0.05) is 42.5 Å². The number of rotatable bonds is 4. The molecule has 0 saturated carbocycles. The molecule has 126 valence electrons. The van der Waals surface area contributed by atoms with Crippen LogP contribution in [-0.4, -0.2) is 41.6 Å². The van der Waals surface area contributed by atoms with Crippen LogP contribution in [0.3, 0.4) is 0 Å². The van der Waals surface area contributed by atoms with E-state index in [2.05, 4.69) is 35.6 Å². The largest absolute Gasteiger partial charge is 0.481 e. The standard InChI is InChI=1S/C19H22N2O3/c22-18(23)16-8-11-21(12-9-16)19(24)20-10-7-14-5-6-15-3-1-2-4-17(15)13-14/h1-6,13,16H,7-12H2,(H,20,24)(H,22,23). The number of aliphatic carboxylic acids is 1. The summed E-state index contributed by atoms with van der Waals surface area (Å²) >= 11 is 0. The van der Waals surface area contributed by atoms with Gasteiger partial charge in [0.1, 0.15) is 0 Å². The molecule has 1 aliphatic heterocycles. The number of fused-ring (bicyclic) bond motifs is 1. The molecule has 5 nitrogen and oxygen atoms in total. The summed E-state index contributed by atoms with van der Waals surface area (Å²) in [5.41, 5.74) is 1.19. The van der Waals surface area contributed by atoms with E-state index < -0.39 is 5.97 Å². The molecule has 1 heterocycles. The van der Waals surface area contributed by atoms with Crippen LogP contribution in [0.2, 0.25) is 0 Å². The summed E-state index contributed by atoms with van der Waals surface area (Å²) in [5, 5.41) is 14.3. The molecule has 0 atom stereocenters. The van der Waals surface area contributed by atoms with Gasteiger partial charge in [-0.05, 0) is 35.6 Å². The lowest BCUT2D eigenvalue weighted by molar-refractivity contribution is -0.143. The molecular weight excluding hydrogens is 304 g/mol. The third-order valence-electron chi connectivity index (χ3n) is 4.64. The van der Waals surface area contributed by atoms with Crippen molar-refractivity contribution >= 4 is 22.8 Å². The van der Waals surface area contributed by atoms with Crippen molar-refractivity contribution in [1.29, 1.82) is 0 Å². The number of piperidine rings is 1. The molecule has 2 aromatic carbocycles. The number of nitrogens with one attached hydrogen (secondary N) is 1. The SMILES string of the molecule is O=C(O)C1CCN(C(=O)NCCc2ccc3ccccc3c2)CC1. The molecule has 2 N–H and O–H groups in total. The maximum atomic E-state index is 12.1. The molecular formula is C19H22N2O3. The molecule has 1 saturated heterocycles. The number of carbonyl (C=O) groups is 2. The fourth-order valence-electron chi connectivity index (χ4n) is 3.15. The molecule has 2 aromatic rings. The summed E-state index contributed by atoms with van der Waals surface area (Å²) in [4.78, 5) is 24.8. The highest BCUT2D eigenvalue weighted by molar-refractivity contribution is 5.83. The van der Waals surface area contributed by atoms with Crippen molar-refractivity contribution in [3.05, 3.63) is 48.0 Å². The van der Waals surface area contributed by atoms with Gasteiger partial charge in [0.15, 0.2) is 0 Å². The summed E-state index contributed by atoms with van der Waals surface area (Å²) in [6, 6.07) is 14.5. The summed E-state index contributed by atoms with van der Waals surface area (Å²) in [6.07, 6.45) is 1.85. The van der Waals surface area contributed by atoms with Crippen LogP contribution in [0, 0.1) is 5.92 Å². The summed E-state index contributed by atoms with van der Waals surface area (Å²) in [5.74, 6) is -1.07. The Morgan fingerprint density at radius 3 is 2.50 bits per heavy atom. The first-order chi connectivity index (χ1) is 11.6. The van der Waals surface area contributed by atoms with Crippen molar-refractivity contribution in [2.24, 2.45) is 5.92 Å². The lowest BCUT2D eigenvalue weighted by Gasteiger charge is -2.30. The predicted octanol–water partition coefficient (Wildman–Crippen LogP) is 2.89. The van der Waals surface area contributed by atoms with Crippen molar-refractivity contribution < 1.29 is 14.7 Å². The van der Waals surface area contributed by atoms with Crippen LogP contribution in [0.5, 0.6) is 0 Å². The van der Waals surface area contributed by atoms with Gasteiger partial charge in [-0.25, -0.2) is 4.79 Å². The summed E-state index contributed by atoms with van der Waals surface area (Å²) in [6.45, 7) is 1.60. The second-order valence-corrected chi connectivity index (χ2v) is 6.26. The van der Waals surface area contributed by atoms with Gasteiger partial charge in [0.2, 0.25) is 0 Å². The molecule has 24 heavy (non-hydrogen) atoms. The Morgan fingerprint density at radius 2 is 1.79 bits per heavy atom. The minimum atomic E-state index is -0.758. The second-order valence-electron chi connectivity index (χ2n) is 6.26. The molecule has 2 amide bonds. The zero-order chi connectivity index (χ0) is 16.9. The maximum absolute atomic E-state index is 12.1. The fraction of sp³-hybridized carbons (Fsp3) is 0.368. The normalized spacial score (nSPS) is 15.4. The number of carboxylic acid groups (broad SMARTS) is 1. The van der Waals surface area contributed by atoms with Crippen molar-refractivity contribution in [3.8, 4) is 0 Å². The van der Waals surface area contributed by atoms with Crippen LogP contribution in [0.25, 0.3) is 10.8 Å². The number of carboxylic acids is 1. The van der Waals surface area contributed by atoms with Gasteiger partial charge >= 0.3 is 12.0 Å². The van der Waals surface area contributed by atoms with E-state index in [1.165, 1.54) is 16.3 Å². The molecule has 1 fully saturated rings. The lowest BCUT2D eigenvalue weighted by Crippen LogP contribution is -2.45. The van der Waals surface area contributed by atoms with Crippen LogP contribution >= 0.6 is 0 Å². The van der Waals surface area contributed by atoms with Crippen molar-refractivity contribution in [2.75, 3.05) is 19.6 Å². The van der Waals surface area contributed by atoms with Gasteiger partial charge in [-0.15, -0.1) is 0 Å². The fourth-order valence-corrected chi connectivity index (χ4v) is 3.15. The first-order valence-corrected chi connectivity index (χ1v) is 8.37. The van der Waals surface area contributed by atoms with Gasteiger partial charge < -0.3 is 15.3 Å². The van der Waals surface area contributed by atoms with E-state index in [1.54, 1.807) is 4.90 Å². The molecule has 3 rings (SSSR count). The molecule has 0 unspecified atom stereocenters. The molecule has 5 heteroatoms. The Morgan fingerprint density at radius 1 is 1.08 bits per heavy atom. The molecule has 1 aliphatic rings. The molecule has 0 aromatic heterocycles. The highest BCUT2D eigenvalue weighted by atomic mass is 16.4. The Hall–Kier alpha value is -2.56. The van der Waals surface area contributed by atoms with E-state index in [-0.39, 0.29) is 11.9 Å². The Balaban J connectivity index is 1.47. The average Bonchev–Trinajstić information content (AvgIpc) is 2.61. The second kappa shape index (κ2) is 7.34. The average molecular weight is 326 g/mol. The summed E-state index contributed by atoms with van der Waals surface area (Å²) < 4.78 is 0. The Labute approximate surface area is 141 Å². The van der Waals surface area contributed by atoms with Crippen LogP contribution in [0.15, 0.2) is 42.5 Å². The number of likely N-dealkylation sites (tertiary alicyclic amines) is 1. The third kappa shape index (κ3) is 3.85. The number of nitrogens with zero attached hydrogens (tertiary/aromatic N) is 1. The van der Waals surface area contributed by atoms with E-state index in [1.807, 2.05) is 12.1 Å². The zero-order valence-corrected chi connectivity index (χ0v) is 13.6. The van der Waals surface area contributed by atoms with Crippen LogP contribution in [0.4, 0.5) is 4.79 Å². The zero-order valence-electron chi connectivity index (χ0n) is 13.6. The van der Waals surface area contributed by atoms with E-state index >= 15 is 0 Å². The maximum Gasteiger partial charge on any atom is 0.317 e. The van der Waals surface area contributed by atoms with Crippen LogP contribution < -0.4 is 5.32 Å². The number of hydrogen-bond donors (Lipinski definition) is 2. The molecule has 0 aliphatic carbocycles. The summed E-state index contributed by atoms with van der Waals surface area (Å²) in [7, 11) is 0. The van der Waals surface area contributed by atoms with E-state index in [4.69, 9.17) is 5.11 Å². The first kappa shape index (κ1) is 16.3. The first-order valence-electron chi connectivity index (χ1n) is 8.37. The highest BCUT2D eigenvalue weighted by Gasteiger charge is 2.26. The molecule has 0 radical (unpaired) electrons. The van der Waals surface area contributed by atoms with E-state index in [0.29, 0.717) is 32.5 Å². The Kier molecular flexibility index (Phi) is 4.99. The van der Waals surface area contributed by atoms with Gasteiger partial charge in [-0.3, -0.25) is 4.79 Å². The van der Waals surface area contributed by atoms with Crippen LogP contribution in [-0.2, 0) is 11.2 Å². The van der Waals surface area contributed by atoms with Crippen molar-refractivity contribution in [3.63, 3.8) is 0 Å². The van der Waals surface area contributed by atoms with Gasteiger partial charge in [-0.2, -0.15) is 0 Å². The topological polar surface area (TPSA) is 69.6 Å². The van der Waals surface area contributed by atoms with Crippen LogP contribution in [0.1, 0.15) is 18.4 Å². The Bertz CT molecular complexity index is 736. The van der Waals surface area contributed by atoms with Gasteiger partial charge in [0.05, 0.1) is 5.92 Å². The van der Waals surface area contributed by atoms with Gasteiger partial charge in [0, 0.05) is 19.6 Å². The highest BCUT2D eigenvalue weighted by Crippen LogP contribution is 2.18. The minimum Gasteiger partial charge on any atom is -0.481 e. The molecule has 0 spiro atoms. The van der Waals surface area contributed by atoms with Crippen molar-refractivity contribution in [1.82, 2.24) is 10.2 Å². The monoisotopic (exact) mass is 326 g/mol. The smallest absolute Gasteiger partial charge is 0.317 e. The van der Waals surface area contributed by atoms with Crippen molar-refractivity contribution in [2.45, 2.75) is 19.3 Å². The van der Waals surface area contributed by atoms with Gasteiger partial charge in [0.25, 0.3) is 0 Å². The lowest BCUT2D eigenvalue weighted by atomic mass is 9.97. The molecule has 0 bridgehead atoms. The quantitative estimate of drug-likeness (QED) is 0.907.